The van der Waals surface area contributed by atoms with Crippen molar-refractivity contribution >= 4 is 0 Å². The predicted molar refractivity (Wildman–Crippen MR) is 80.8 cm³/mol. The van der Waals surface area contributed by atoms with E-state index in [2.05, 4.69) is 34.1 Å². The molecule has 19 heavy (non-hydrogen) atoms. The lowest BCUT2D eigenvalue weighted by molar-refractivity contribution is 0.124. The van der Waals surface area contributed by atoms with E-state index in [1.165, 1.54) is 52.2 Å². The molecule has 1 rings (SSSR count). The minimum absolute atomic E-state index is 0.810. The standard InChI is InChI=1S/C14H32N4O/c1-16(2)8-9-18-12-10-17(11-13-18)7-4-5-15-6-14-19-3/h15H,4-14H2,1-3H3. The van der Waals surface area contributed by atoms with E-state index in [1.807, 2.05) is 0 Å². The Hall–Kier alpha value is -0.200. The van der Waals surface area contributed by atoms with Gasteiger partial charge in [-0.3, -0.25) is 4.90 Å². The first-order valence-corrected chi connectivity index (χ1v) is 7.51. The van der Waals surface area contributed by atoms with Crippen LogP contribution in [0, 0.1) is 0 Å². The highest BCUT2D eigenvalue weighted by atomic mass is 16.5. The van der Waals surface area contributed by atoms with Crippen LogP contribution in [0.15, 0.2) is 0 Å². The first-order valence-electron chi connectivity index (χ1n) is 7.51. The van der Waals surface area contributed by atoms with Crippen molar-refractivity contribution in [2.75, 3.05) is 86.7 Å². The van der Waals surface area contributed by atoms with Crippen molar-refractivity contribution in [2.24, 2.45) is 0 Å². The molecule has 0 radical (unpaired) electrons. The number of nitrogens with one attached hydrogen (secondary N) is 1. The molecular weight excluding hydrogens is 240 g/mol. The van der Waals surface area contributed by atoms with Crippen molar-refractivity contribution in [3.05, 3.63) is 0 Å². The molecule has 0 unspecified atom stereocenters. The molecule has 0 aromatic carbocycles. The molecule has 0 atom stereocenters. The fourth-order valence-electron chi connectivity index (χ4n) is 2.30. The zero-order valence-corrected chi connectivity index (χ0v) is 13.0. The molecule has 1 aliphatic rings. The SMILES string of the molecule is COCCNCCCN1CCN(CCN(C)C)CC1. The molecule has 1 N–H and O–H groups in total. The second-order valence-corrected chi connectivity index (χ2v) is 5.58. The summed E-state index contributed by atoms with van der Waals surface area (Å²) in [7, 11) is 6.04. The van der Waals surface area contributed by atoms with Crippen LogP contribution in [-0.4, -0.2) is 101 Å². The molecule has 0 saturated carbocycles. The Balaban J connectivity index is 1.94. The highest BCUT2D eigenvalue weighted by molar-refractivity contribution is 4.72. The van der Waals surface area contributed by atoms with Gasteiger partial charge in [0.1, 0.15) is 0 Å². The van der Waals surface area contributed by atoms with Gasteiger partial charge in [-0.15, -0.1) is 0 Å². The molecule has 1 aliphatic heterocycles. The van der Waals surface area contributed by atoms with Crippen LogP contribution >= 0.6 is 0 Å². The van der Waals surface area contributed by atoms with Gasteiger partial charge < -0.3 is 19.9 Å². The Morgan fingerprint density at radius 1 is 1.00 bits per heavy atom. The van der Waals surface area contributed by atoms with Gasteiger partial charge >= 0.3 is 0 Å². The van der Waals surface area contributed by atoms with Gasteiger partial charge in [-0.25, -0.2) is 0 Å². The molecular formula is C14H32N4O. The van der Waals surface area contributed by atoms with Gasteiger partial charge in [-0.2, -0.15) is 0 Å². The summed E-state index contributed by atoms with van der Waals surface area (Å²) in [6, 6.07) is 0. The highest BCUT2D eigenvalue weighted by Gasteiger charge is 2.15. The first-order chi connectivity index (χ1) is 9.22. The zero-order valence-electron chi connectivity index (χ0n) is 13.0. The largest absolute Gasteiger partial charge is 0.383 e. The highest BCUT2D eigenvalue weighted by Crippen LogP contribution is 2.02. The fraction of sp³-hybridized carbons (Fsp3) is 1.00. The average molecular weight is 272 g/mol. The third kappa shape index (κ3) is 8.55. The van der Waals surface area contributed by atoms with Crippen molar-refractivity contribution in [3.63, 3.8) is 0 Å². The summed E-state index contributed by atoms with van der Waals surface area (Å²) >= 11 is 0. The molecule has 0 amide bonds. The van der Waals surface area contributed by atoms with Crippen molar-refractivity contribution in [2.45, 2.75) is 6.42 Å². The van der Waals surface area contributed by atoms with E-state index in [0.29, 0.717) is 0 Å². The van der Waals surface area contributed by atoms with Crippen LogP contribution in [0.2, 0.25) is 0 Å². The van der Waals surface area contributed by atoms with Crippen LogP contribution in [0.1, 0.15) is 6.42 Å². The first kappa shape index (κ1) is 16.9. The van der Waals surface area contributed by atoms with E-state index in [-0.39, 0.29) is 0 Å². The fourth-order valence-corrected chi connectivity index (χ4v) is 2.30. The van der Waals surface area contributed by atoms with Crippen LogP contribution in [-0.2, 0) is 4.74 Å². The van der Waals surface area contributed by atoms with Gasteiger partial charge in [-0.1, -0.05) is 0 Å². The number of ether oxygens (including phenoxy) is 1. The Labute approximate surface area is 118 Å². The molecule has 1 heterocycles. The van der Waals surface area contributed by atoms with E-state index in [0.717, 1.165) is 19.7 Å². The van der Waals surface area contributed by atoms with Gasteiger partial charge in [0.15, 0.2) is 0 Å². The molecule has 0 spiro atoms. The number of nitrogens with zero attached hydrogens (tertiary/aromatic N) is 3. The van der Waals surface area contributed by atoms with Crippen molar-refractivity contribution in [1.82, 2.24) is 20.0 Å². The quantitative estimate of drug-likeness (QED) is 0.556. The molecule has 114 valence electrons. The number of piperazine rings is 1. The molecule has 1 fully saturated rings. The molecule has 5 nitrogen and oxygen atoms in total. The Bertz CT molecular complexity index is 206. The molecule has 0 aromatic rings. The summed E-state index contributed by atoms with van der Waals surface area (Å²) in [5.74, 6) is 0. The van der Waals surface area contributed by atoms with Gasteiger partial charge in [0, 0.05) is 52.9 Å². The maximum atomic E-state index is 5.01. The van der Waals surface area contributed by atoms with Crippen LogP contribution in [0.5, 0.6) is 0 Å². The van der Waals surface area contributed by atoms with Gasteiger partial charge in [0.2, 0.25) is 0 Å². The van der Waals surface area contributed by atoms with E-state index in [1.54, 1.807) is 7.11 Å². The maximum Gasteiger partial charge on any atom is 0.0587 e. The molecule has 0 aliphatic carbocycles. The second-order valence-electron chi connectivity index (χ2n) is 5.58. The lowest BCUT2D eigenvalue weighted by Crippen LogP contribution is -2.48. The number of hydrogen-bond acceptors (Lipinski definition) is 5. The summed E-state index contributed by atoms with van der Waals surface area (Å²) < 4.78 is 5.01. The average Bonchev–Trinajstić information content (AvgIpc) is 2.41. The van der Waals surface area contributed by atoms with Crippen LogP contribution < -0.4 is 5.32 Å². The Morgan fingerprint density at radius 2 is 1.63 bits per heavy atom. The smallest absolute Gasteiger partial charge is 0.0587 e. The van der Waals surface area contributed by atoms with E-state index in [9.17, 15) is 0 Å². The van der Waals surface area contributed by atoms with Crippen molar-refractivity contribution < 1.29 is 4.74 Å². The third-order valence-corrected chi connectivity index (χ3v) is 3.64. The maximum absolute atomic E-state index is 5.01. The van der Waals surface area contributed by atoms with Crippen LogP contribution in [0.4, 0.5) is 0 Å². The van der Waals surface area contributed by atoms with Crippen molar-refractivity contribution in [1.29, 1.82) is 0 Å². The number of methoxy groups -OCH3 is 1. The molecule has 1 saturated heterocycles. The Morgan fingerprint density at radius 3 is 2.21 bits per heavy atom. The normalized spacial score (nSPS) is 18.3. The molecule has 0 bridgehead atoms. The van der Waals surface area contributed by atoms with Gasteiger partial charge in [0.25, 0.3) is 0 Å². The molecule has 5 heteroatoms. The van der Waals surface area contributed by atoms with Crippen molar-refractivity contribution in [3.8, 4) is 0 Å². The lowest BCUT2D eigenvalue weighted by atomic mass is 10.3. The summed E-state index contributed by atoms with van der Waals surface area (Å²) in [5.41, 5.74) is 0. The zero-order chi connectivity index (χ0) is 13.9. The topological polar surface area (TPSA) is 31.0 Å². The summed E-state index contributed by atoms with van der Waals surface area (Å²) in [6.45, 7) is 11.4. The van der Waals surface area contributed by atoms with E-state index < -0.39 is 0 Å². The number of likely N-dealkylation sites (N-methyl/N-ethyl adjacent to an activating group) is 1. The number of hydrogen-bond donors (Lipinski definition) is 1. The molecule has 0 aromatic heterocycles. The second kappa shape index (κ2) is 10.6. The Kier molecular flexibility index (Phi) is 9.38. The monoisotopic (exact) mass is 272 g/mol. The van der Waals surface area contributed by atoms with E-state index in [4.69, 9.17) is 4.74 Å². The van der Waals surface area contributed by atoms with Gasteiger partial charge in [-0.05, 0) is 33.6 Å². The van der Waals surface area contributed by atoms with Crippen LogP contribution in [0.3, 0.4) is 0 Å². The third-order valence-electron chi connectivity index (χ3n) is 3.64. The summed E-state index contributed by atoms with van der Waals surface area (Å²) in [4.78, 5) is 7.43. The van der Waals surface area contributed by atoms with E-state index >= 15 is 0 Å². The summed E-state index contributed by atoms with van der Waals surface area (Å²) in [6.07, 6.45) is 1.24. The predicted octanol–water partition coefficient (Wildman–Crippen LogP) is -0.208. The minimum atomic E-state index is 0.810. The number of rotatable bonds is 10. The lowest BCUT2D eigenvalue weighted by Gasteiger charge is -2.35. The van der Waals surface area contributed by atoms with Gasteiger partial charge in [0.05, 0.1) is 6.61 Å². The summed E-state index contributed by atoms with van der Waals surface area (Å²) in [5, 5.41) is 3.40. The van der Waals surface area contributed by atoms with Crippen LogP contribution in [0.25, 0.3) is 0 Å². The minimum Gasteiger partial charge on any atom is -0.383 e.